The highest BCUT2D eigenvalue weighted by molar-refractivity contribution is 5.99. The van der Waals surface area contributed by atoms with E-state index >= 15 is 0 Å². The number of carbonyl (C=O) groups excluding carboxylic acids is 2. The summed E-state index contributed by atoms with van der Waals surface area (Å²) in [5.41, 5.74) is 3.64. The van der Waals surface area contributed by atoms with Crippen molar-refractivity contribution in [1.29, 1.82) is 0 Å². The van der Waals surface area contributed by atoms with Crippen molar-refractivity contribution in [3.8, 4) is 11.4 Å². The minimum atomic E-state index is -0.521. The topological polar surface area (TPSA) is 137 Å². The molecule has 1 aliphatic heterocycles. The molecule has 1 aliphatic rings. The van der Waals surface area contributed by atoms with Gasteiger partial charge in [-0.3, -0.25) is 9.88 Å². The molecule has 4 aromatic rings. The molecular formula is C36H50N8O5. The van der Waals surface area contributed by atoms with Crippen molar-refractivity contribution in [3.63, 3.8) is 0 Å². The fraction of sp³-hybridized carbons (Fsp3) is 0.500. The number of rotatable bonds is 11. The molecule has 0 radical (unpaired) electrons. The number of urea groups is 1. The van der Waals surface area contributed by atoms with Gasteiger partial charge in [0.1, 0.15) is 23.5 Å². The van der Waals surface area contributed by atoms with Crippen LogP contribution in [-0.2, 0) is 14.9 Å². The predicted octanol–water partition coefficient (Wildman–Crippen LogP) is 6.35. The van der Waals surface area contributed by atoms with Crippen LogP contribution < -0.4 is 20.7 Å². The molecule has 3 amide bonds. The number of carbonyl (C=O) groups is 2. The second-order valence-corrected chi connectivity index (χ2v) is 14.3. The molecule has 2 aromatic heterocycles. The van der Waals surface area contributed by atoms with Gasteiger partial charge in [0.05, 0.1) is 43.1 Å². The van der Waals surface area contributed by atoms with Gasteiger partial charge in [-0.05, 0) is 70.0 Å². The van der Waals surface area contributed by atoms with E-state index in [-0.39, 0.29) is 17.5 Å². The number of ether oxygens (including phenoxy) is 3. The molecule has 0 spiro atoms. The molecule has 0 unspecified atom stereocenters. The highest BCUT2D eigenvalue weighted by atomic mass is 16.6. The van der Waals surface area contributed by atoms with E-state index in [0.717, 1.165) is 60.6 Å². The Bertz CT molecular complexity index is 1710. The number of fused-ring (bicyclic) bond motifs is 1. The minimum Gasteiger partial charge on any atom is -0.497 e. The largest absolute Gasteiger partial charge is 0.497 e. The first kappa shape index (κ1) is 35.7. The van der Waals surface area contributed by atoms with Crippen molar-refractivity contribution in [2.45, 2.75) is 71.4 Å². The van der Waals surface area contributed by atoms with E-state index in [1.54, 1.807) is 13.4 Å². The van der Waals surface area contributed by atoms with Crippen LogP contribution >= 0.6 is 0 Å². The van der Waals surface area contributed by atoms with Crippen molar-refractivity contribution in [1.82, 2.24) is 29.5 Å². The van der Waals surface area contributed by atoms with Gasteiger partial charge in [-0.2, -0.15) is 5.10 Å². The van der Waals surface area contributed by atoms with Crippen LogP contribution in [0.1, 0.15) is 66.1 Å². The van der Waals surface area contributed by atoms with E-state index < -0.39 is 11.7 Å². The summed E-state index contributed by atoms with van der Waals surface area (Å²) in [5.74, 6) is 1.44. The van der Waals surface area contributed by atoms with Gasteiger partial charge in [-0.1, -0.05) is 20.8 Å². The van der Waals surface area contributed by atoms with Crippen LogP contribution in [0.15, 0.2) is 54.9 Å². The third-order valence-electron chi connectivity index (χ3n) is 8.27. The van der Waals surface area contributed by atoms with E-state index in [1.807, 2.05) is 78.6 Å². The Labute approximate surface area is 288 Å². The summed E-state index contributed by atoms with van der Waals surface area (Å²) < 4.78 is 20.3. The number of anilines is 2. The molecular weight excluding hydrogens is 624 g/mol. The zero-order valence-electron chi connectivity index (χ0n) is 29.7. The number of hydrogen-bond acceptors (Lipinski definition) is 8. The zero-order chi connectivity index (χ0) is 35.2. The summed E-state index contributed by atoms with van der Waals surface area (Å²) in [6.07, 6.45) is 3.15. The molecule has 3 heterocycles. The van der Waals surface area contributed by atoms with Crippen LogP contribution in [0.5, 0.6) is 5.75 Å². The van der Waals surface area contributed by atoms with Gasteiger partial charge in [-0.15, -0.1) is 0 Å². The molecule has 1 saturated heterocycles. The maximum absolute atomic E-state index is 13.2. The number of imidazole rings is 1. The van der Waals surface area contributed by atoms with Crippen molar-refractivity contribution < 1.29 is 23.8 Å². The van der Waals surface area contributed by atoms with Gasteiger partial charge in [-0.25, -0.2) is 19.3 Å². The summed E-state index contributed by atoms with van der Waals surface area (Å²) in [6.45, 7) is 15.9. The van der Waals surface area contributed by atoms with Crippen LogP contribution in [0.25, 0.3) is 16.7 Å². The maximum atomic E-state index is 13.2. The average Bonchev–Trinajstić information content (AvgIpc) is 3.67. The second kappa shape index (κ2) is 15.3. The van der Waals surface area contributed by atoms with Crippen LogP contribution in [-0.4, -0.2) is 88.5 Å². The molecule has 0 atom stereocenters. The lowest BCUT2D eigenvalue weighted by Crippen LogP contribution is -2.38. The number of likely N-dealkylation sites (tertiary alicyclic amines) is 1. The van der Waals surface area contributed by atoms with Crippen molar-refractivity contribution in [2.24, 2.45) is 0 Å². The van der Waals surface area contributed by atoms with E-state index in [9.17, 15) is 9.59 Å². The summed E-state index contributed by atoms with van der Waals surface area (Å²) in [6, 6.07) is 15.2. The molecule has 0 aliphatic carbocycles. The summed E-state index contributed by atoms with van der Waals surface area (Å²) in [7, 11) is 1.64. The Kier molecular flexibility index (Phi) is 11.1. The van der Waals surface area contributed by atoms with Crippen molar-refractivity contribution >= 4 is 34.7 Å². The van der Waals surface area contributed by atoms with Crippen LogP contribution in [0, 0.1) is 0 Å². The maximum Gasteiger partial charge on any atom is 0.407 e. The van der Waals surface area contributed by atoms with Crippen molar-refractivity contribution in [2.75, 3.05) is 57.1 Å². The van der Waals surface area contributed by atoms with Crippen LogP contribution in [0.2, 0.25) is 0 Å². The number of alkyl carbamates (subject to hydrolysis) is 1. The molecule has 49 heavy (non-hydrogen) atoms. The van der Waals surface area contributed by atoms with E-state index in [2.05, 4.69) is 46.6 Å². The third kappa shape index (κ3) is 9.73. The molecule has 3 N–H and O–H groups in total. The second-order valence-electron chi connectivity index (χ2n) is 14.3. The Balaban J connectivity index is 1.13. The van der Waals surface area contributed by atoms with Gasteiger partial charge in [0, 0.05) is 55.1 Å². The fourth-order valence-electron chi connectivity index (χ4n) is 5.66. The summed E-state index contributed by atoms with van der Waals surface area (Å²) >= 11 is 0. The van der Waals surface area contributed by atoms with Gasteiger partial charge in [0.2, 0.25) is 0 Å². The lowest BCUT2D eigenvalue weighted by molar-refractivity contribution is 0.0485. The SMILES string of the molecule is COc1ccc2c(c1)ncn2-c1ccc(NC(=O)Nc2cc(C(C)(C)C)nn2C2CCN(CCOCCNC(=O)OC(C)(C)C)CC2)cc1. The quantitative estimate of drug-likeness (QED) is 0.157. The summed E-state index contributed by atoms with van der Waals surface area (Å²) in [4.78, 5) is 31.9. The number of nitrogens with one attached hydrogen (secondary N) is 3. The number of benzene rings is 2. The molecule has 13 nitrogen and oxygen atoms in total. The average molecular weight is 675 g/mol. The molecule has 0 bridgehead atoms. The number of hydrogen-bond donors (Lipinski definition) is 3. The first-order valence-corrected chi connectivity index (χ1v) is 16.9. The Morgan fingerprint density at radius 1 is 0.939 bits per heavy atom. The Morgan fingerprint density at radius 3 is 2.35 bits per heavy atom. The first-order chi connectivity index (χ1) is 23.3. The van der Waals surface area contributed by atoms with Gasteiger partial charge in [0.25, 0.3) is 0 Å². The smallest absolute Gasteiger partial charge is 0.407 e. The van der Waals surface area contributed by atoms with E-state index in [1.165, 1.54) is 0 Å². The van der Waals surface area contributed by atoms with E-state index in [0.29, 0.717) is 31.3 Å². The van der Waals surface area contributed by atoms with Gasteiger partial charge < -0.3 is 29.7 Å². The van der Waals surface area contributed by atoms with Gasteiger partial charge >= 0.3 is 12.1 Å². The molecule has 5 rings (SSSR count). The summed E-state index contributed by atoms with van der Waals surface area (Å²) in [5, 5.41) is 13.7. The molecule has 1 fully saturated rings. The fourth-order valence-corrected chi connectivity index (χ4v) is 5.66. The van der Waals surface area contributed by atoms with E-state index in [4.69, 9.17) is 19.3 Å². The van der Waals surface area contributed by atoms with Gasteiger partial charge in [0.15, 0.2) is 0 Å². The minimum absolute atomic E-state index is 0.158. The highest BCUT2D eigenvalue weighted by Crippen LogP contribution is 2.31. The Morgan fingerprint density at radius 2 is 1.67 bits per heavy atom. The number of nitrogens with zero attached hydrogens (tertiary/aromatic N) is 5. The number of methoxy groups -OCH3 is 1. The Hall–Kier alpha value is -4.62. The van der Waals surface area contributed by atoms with Crippen molar-refractivity contribution in [3.05, 3.63) is 60.6 Å². The number of piperidine rings is 1. The normalized spacial score (nSPS) is 14.5. The first-order valence-electron chi connectivity index (χ1n) is 16.9. The standard InChI is InChI=1S/C36H50N8O5/c1-35(2,3)31-23-32(44(41-31)27-14-17-42(18-15-27)19-21-48-20-16-37-34(46)49-36(4,5)6)40-33(45)39-25-8-10-26(11-9-25)43-24-38-29-22-28(47-7)12-13-30(29)43/h8-13,22-24,27H,14-21H2,1-7H3,(H,37,46)(H2,39,40,45). The molecule has 13 heteroatoms. The highest BCUT2D eigenvalue weighted by Gasteiger charge is 2.27. The lowest BCUT2D eigenvalue weighted by atomic mass is 9.92. The zero-order valence-corrected chi connectivity index (χ0v) is 29.7. The predicted molar refractivity (Wildman–Crippen MR) is 191 cm³/mol. The van der Waals surface area contributed by atoms with Crippen LogP contribution in [0.4, 0.5) is 21.1 Å². The monoisotopic (exact) mass is 674 g/mol. The number of aromatic nitrogens is 4. The molecule has 2 aromatic carbocycles. The lowest BCUT2D eigenvalue weighted by Gasteiger charge is -2.32. The van der Waals surface area contributed by atoms with Crippen LogP contribution in [0.3, 0.4) is 0 Å². The third-order valence-corrected chi connectivity index (χ3v) is 8.27. The molecule has 264 valence electrons. The number of amides is 3. The molecule has 0 saturated carbocycles.